The first-order valence-electron chi connectivity index (χ1n) is 3.39. The minimum absolute atomic E-state index is 0.0918. The van der Waals surface area contributed by atoms with Crippen LogP contribution in [0.5, 0.6) is 0 Å². The quantitative estimate of drug-likeness (QED) is 0.524. The Balaban J connectivity index is 3.31. The summed E-state index contributed by atoms with van der Waals surface area (Å²) < 4.78 is 16.5. The second-order valence-corrected chi connectivity index (χ2v) is 7.44. The molecule has 0 unspecified atom stereocenters. The third-order valence-electron chi connectivity index (χ3n) is 1.12. The van der Waals surface area contributed by atoms with Gasteiger partial charge in [-0.2, -0.15) is 0 Å². The Morgan fingerprint density at radius 2 is 2.40 bits per heavy atom. The van der Waals surface area contributed by atoms with Crippen molar-refractivity contribution >= 4 is 0 Å². The zero-order valence-corrected chi connectivity index (χ0v) is 9.27. The first kappa shape index (κ1) is 10.1. The average Bonchev–Trinajstić information content (AvgIpc) is 1.88. The zero-order chi connectivity index (χ0) is 7.98. The van der Waals surface area contributed by atoms with Gasteiger partial charge in [0.2, 0.25) is 0 Å². The van der Waals surface area contributed by atoms with Gasteiger partial charge in [-0.3, -0.25) is 0 Å². The summed E-state index contributed by atoms with van der Waals surface area (Å²) in [6, 6.07) is 0. The summed E-state index contributed by atoms with van der Waals surface area (Å²) in [5.41, 5.74) is 0. The van der Waals surface area contributed by atoms with Gasteiger partial charge in [0.15, 0.2) is 0 Å². The molecule has 1 N–H and O–H groups in total. The molecule has 0 spiro atoms. The predicted molar refractivity (Wildman–Crippen MR) is 33.2 cm³/mol. The van der Waals surface area contributed by atoms with Crippen LogP contribution in [0.25, 0.3) is 0 Å². The zero-order valence-electron chi connectivity index (χ0n) is 6.30. The molecule has 0 aliphatic carbocycles. The summed E-state index contributed by atoms with van der Waals surface area (Å²) in [7, 11) is 0. The van der Waals surface area contributed by atoms with Crippen LogP contribution in [0.1, 0.15) is 13.3 Å². The van der Waals surface area contributed by atoms with Gasteiger partial charge in [0.1, 0.15) is 0 Å². The Kier molecular flexibility index (Phi) is 5.89. The number of hydrogen-bond donors (Lipinski definition) is 1. The van der Waals surface area contributed by atoms with E-state index in [1.165, 1.54) is 0 Å². The molecule has 0 aromatic rings. The first-order chi connectivity index (χ1) is 4.68. The van der Waals surface area contributed by atoms with E-state index in [1.54, 1.807) is 6.92 Å². The molecule has 3 nitrogen and oxygen atoms in total. The molecule has 0 heterocycles. The van der Waals surface area contributed by atoms with E-state index >= 15 is 0 Å². The molecule has 0 bridgehead atoms. The van der Waals surface area contributed by atoms with Gasteiger partial charge in [-0.1, -0.05) is 0 Å². The third kappa shape index (κ3) is 4.92. The molecule has 0 radical (unpaired) electrons. The van der Waals surface area contributed by atoms with Gasteiger partial charge in [-0.05, 0) is 0 Å². The summed E-state index contributed by atoms with van der Waals surface area (Å²) in [6.07, 6.45) is 0.558. The molecule has 0 atom stereocenters. The van der Waals surface area contributed by atoms with E-state index in [9.17, 15) is 3.57 Å². The Labute approximate surface area is 66.3 Å². The molecule has 4 heteroatoms. The van der Waals surface area contributed by atoms with Crippen LogP contribution in [0.3, 0.4) is 0 Å². The summed E-state index contributed by atoms with van der Waals surface area (Å²) in [5, 5.41) is 8.34. The van der Waals surface area contributed by atoms with E-state index in [0.29, 0.717) is 17.2 Å². The molecule has 0 aliphatic heterocycles. The van der Waals surface area contributed by atoms with E-state index in [1.807, 2.05) is 0 Å². The predicted octanol–water partition coefficient (Wildman–Crippen LogP) is 0.798. The van der Waals surface area contributed by atoms with E-state index in [-0.39, 0.29) is 6.61 Å². The molecule has 0 saturated heterocycles. The van der Waals surface area contributed by atoms with Crippen LogP contribution in [0, 0.1) is 0 Å². The normalized spacial score (nSPS) is 8.50. The van der Waals surface area contributed by atoms with Crippen LogP contribution in [-0.2, 0) is 23.4 Å². The number of allylic oxidation sites excluding steroid dienone is 1. The molecule has 10 heavy (non-hydrogen) atoms. The van der Waals surface area contributed by atoms with E-state index in [4.69, 9.17) is 8.67 Å². The molecular weight excluding hydrogens is 185 g/mol. The molecule has 0 aliphatic rings. The topological polar surface area (TPSA) is 46.5 Å². The van der Waals surface area contributed by atoms with Crippen molar-refractivity contribution in [3.63, 3.8) is 0 Å². The van der Waals surface area contributed by atoms with Crippen molar-refractivity contribution in [3.8, 4) is 0 Å². The van der Waals surface area contributed by atoms with Gasteiger partial charge in [0, 0.05) is 0 Å². The maximum absolute atomic E-state index is 10.9. The van der Waals surface area contributed by atoms with Crippen LogP contribution >= 0.6 is 0 Å². The van der Waals surface area contributed by atoms with Gasteiger partial charge >= 0.3 is 65.8 Å². The molecule has 0 saturated carbocycles. The Hall–Kier alpha value is 0.0834. The number of rotatable bonds is 5. The van der Waals surface area contributed by atoms with Crippen LogP contribution in [0.2, 0.25) is 0 Å². The van der Waals surface area contributed by atoms with Gasteiger partial charge < -0.3 is 0 Å². The Morgan fingerprint density at radius 1 is 1.80 bits per heavy atom. The Morgan fingerprint density at radius 3 is 2.80 bits per heavy atom. The fraction of sp³-hybridized carbons (Fsp3) is 0.667. The summed E-state index contributed by atoms with van der Waals surface area (Å²) >= 11 is -2.98. The number of aliphatic hydroxyl groups excluding tert-OH is 1. The third-order valence-corrected chi connectivity index (χ3v) is 4.58. The SMILES string of the molecule is C=[C](C)[Zn](=[O])[O]CCCO. The fourth-order valence-electron chi connectivity index (χ4n) is 0.472. The van der Waals surface area contributed by atoms with Crippen molar-refractivity contribution in [3.05, 3.63) is 10.7 Å². The van der Waals surface area contributed by atoms with Crippen molar-refractivity contribution in [1.82, 2.24) is 0 Å². The van der Waals surface area contributed by atoms with Crippen LogP contribution in [0.15, 0.2) is 10.7 Å². The van der Waals surface area contributed by atoms with E-state index < -0.39 is 16.3 Å². The number of hydrogen-bond acceptors (Lipinski definition) is 3. The van der Waals surface area contributed by atoms with Gasteiger partial charge in [-0.25, -0.2) is 0 Å². The molecule has 0 amide bonds. The Bertz CT molecular complexity index is 133. The van der Waals surface area contributed by atoms with Crippen molar-refractivity contribution in [2.24, 2.45) is 0 Å². The molecular formula is C6H12O3Zn. The summed E-state index contributed by atoms with van der Waals surface area (Å²) in [5.74, 6) is 0. The molecule has 56 valence electrons. The van der Waals surface area contributed by atoms with Gasteiger partial charge in [-0.15, -0.1) is 0 Å². The van der Waals surface area contributed by atoms with Crippen molar-refractivity contribution in [1.29, 1.82) is 0 Å². The van der Waals surface area contributed by atoms with Gasteiger partial charge in [0.25, 0.3) is 0 Å². The minimum atomic E-state index is -2.98. The number of aliphatic hydroxyl groups is 1. The molecule has 0 aromatic carbocycles. The second kappa shape index (κ2) is 5.84. The van der Waals surface area contributed by atoms with Crippen molar-refractivity contribution in [2.45, 2.75) is 13.3 Å². The van der Waals surface area contributed by atoms with Crippen LogP contribution < -0.4 is 0 Å². The summed E-state index contributed by atoms with van der Waals surface area (Å²) in [6.45, 7) is 5.73. The monoisotopic (exact) mass is 196 g/mol. The van der Waals surface area contributed by atoms with Crippen LogP contribution in [-0.4, -0.2) is 18.3 Å². The maximum atomic E-state index is 10.9. The standard InChI is InChI=1S/C3H7O2.C3H5.O.Zn/c4-2-1-3-5;1-3-2;;/h4H,1-3H2;1H2,2H3;;/q-1;;;+1. The van der Waals surface area contributed by atoms with Crippen molar-refractivity contribution in [2.75, 3.05) is 13.2 Å². The van der Waals surface area contributed by atoms with Crippen molar-refractivity contribution < 1.29 is 28.5 Å². The van der Waals surface area contributed by atoms with E-state index in [2.05, 4.69) is 6.58 Å². The van der Waals surface area contributed by atoms with E-state index in [0.717, 1.165) is 0 Å². The average molecular weight is 198 g/mol. The summed E-state index contributed by atoms with van der Waals surface area (Å²) in [4.78, 5) is 0. The second-order valence-electron chi connectivity index (χ2n) is 2.35. The van der Waals surface area contributed by atoms with Crippen LogP contribution in [0.4, 0.5) is 0 Å². The first-order valence-corrected chi connectivity index (χ1v) is 7.30. The fourth-order valence-corrected chi connectivity index (χ4v) is 2.18. The molecule has 0 rings (SSSR count). The molecule has 0 aromatic heterocycles. The molecule has 0 fully saturated rings. The van der Waals surface area contributed by atoms with Gasteiger partial charge in [0.05, 0.1) is 0 Å².